The predicted octanol–water partition coefficient (Wildman–Crippen LogP) is 7.08. The van der Waals surface area contributed by atoms with Crippen LogP contribution in [-0.4, -0.2) is 10.8 Å². The minimum Gasteiger partial charge on any atom is -0.323 e. The summed E-state index contributed by atoms with van der Waals surface area (Å²) in [5.74, 6) is 0. The Balaban J connectivity index is 2.37. The molecule has 1 aromatic carbocycles. The molecule has 1 unspecified atom stereocenters. The summed E-state index contributed by atoms with van der Waals surface area (Å²) in [4.78, 5) is 12.9. The monoisotopic (exact) mass is 359 g/mol. The Hall–Kier alpha value is -1.14. The van der Waals surface area contributed by atoms with Gasteiger partial charge in [0.25, 0.3) is 0 Å². The number of carbonyl (C=O) groups excluding carboxylic acids is 1. The van der Waals surface area contributed by atoms with E-state index in [1.807, 2.05) is 30.3 Å². The van der Waals surface area contributed by atoms with E-state index < -0.39 is 0 Å². The number of nitrogens with one attached hydrogen (secondary N) is 1. The highest BCUT2D eigenvalue weighted by Gasteiger charge is 2.66. The number of benzene rings is 1. The van der Waals surface area contributed by atoms with Gasteiger partial charge in [0.1, 0.15) is 0 Å². The number of para-hydroxylation sites is 1. The molecule has 3 heteroatoms. The van der Waals surface area contributed by atoms with E-state index in [2.05, 4.69) is 67.6 Å². The van der Waals surface area contributed by atoms with Gasteiger partial charge in [-0.05, 0) is 48.1 Å². The van der Waals surface area contributed by atoms with Crippen molar-refractivity contribution in [3.8, 4) is 0 Å². The van der Waals surface area contributed by atoms with Crippen molar-refractivity contribution < 1.29 is 4.79 Å². The lowest BCUT2D eigenvalue weighted by atomic mass is 9.77. The largest absolute Gasteiger partial charge is 0.323 e. The van der Waals surface area contributed by atoms with Crippen LogP contribution in [0.15, 0.2) is 41.5 Å². The van der Waals surface area contributed by atoms with E-state index >= 15 is 0 Å². The lowest BCUT2D eigenvalue weighted by Gasteiger charge is -2.38. The molecule has 1 amide bonds. The van der Waals surface area contributed by atoms with Crippen LogP contribution in [0, 0.1) is 16.2 Å². The fraction of sp³-hybridized carbons (Fsp3) is 0.591. The average Bonchev–Trinajstić information content (AvgIpc) is 3.10. The molecule has 0 saturated carbocycles. The van der Waals surface area contributed by atoms with Gasteiger partial charge in [-0.1, -0.05) is 80.5 Å². The van der Waals surface area contributed by atoms with Gasteiger partial charge in [0.15, 0.2) is 0 Å². The molecule has 0 spiro atoms. The van der Waals surface area contributed by atoms with Gasteiger partial charge in [0, 0.05) is 10.8 Å². The predicted molar refractivity (Wildman–Crippen MR) is 112 cm³/mol. The van der Waals surface area contributed by atoms with Gasteiger partial charge in [-0.25, -0.2) is 0 Å². The zero-order valence-electron chi connectivity index (χ0n) is 17.3. The lowest BCUT2D eigenvalue weighted by Crippen LogP contribution is -2.35. The van der Waals surface area contributed by atoms with Gasteiger partial charge in [0.05, 0.1) is 0 Å². The highest BCUT2D eigenvalue weighted by Crippen LogP contribution is 2.74. The molecule has 0 aromatic heterocycles. The van der Waals surface area contributed by atoms with E-state index in [1.165, 1.54) is 11.1 Å². The zero-order valence-corrected chi connectivity index (χ0v) is 18.3. The second-order valence-electron chi connectivity index (χ2n) is 10.2. The maximum atomic E-state index is 12.9. The van der Waals surface area contributed by atoms with Crippen molar-refractivity contribution in [2.75, 3.05) is 5.32 Å². The van der Waals surface area contributed by atoms with Crippen molar-refractivity contribution in [3.05, 3.63) is 41.5 Å². The van der Waals surface area contributed by atoms with Crippen LogP contribution >= 0.6 is 8.58 Å². The Labute approximate surface area is 155 Å². The number of carbonyl (C=O) groups is 1. The minimum atomic E-state index is -0.109. The van der Waals surface area contributed by atoms with Gasteiger partial charge in [-0.2, -0.15) is 0 Å². The van der Waals surface area contributed by atoms with E-state index in [-0.39, 0.29) is 35.6 Å². The normalized spacial score (nSPS) is 18.0. The van der Waals surface area contributed by atoms with E-state index in [1.54, 1.807) is 0 Å². The first kappa shape index (κ1) is 20.2. The summed E-state index contributed by atoms with van der Waals surface area (Å²) in [5, 5.41) is 2.99. The van der Waals surface area contributed by atoms with Gasteiger partial charge < -0.3 is 5.32 Å². The summed E-state index contributed by atoms with van der Waals surface area (Å²) >= 11 is 0. The van der Waals surface area contributed by atoms with Gasteiger partial charge in [-0.3, -0.25) is 4.79 Å². The number of hydrogen-bond acceptors (Lipinski definition) is 1. The first-order valence-corrected chi connectivity index (χ1v) is 10.1. The molecule has 0 bridgehead atoms. The lowest BCUT2D eigenvalue weighted by molar-refractivity contribution is 0.268. The first-order valence-electron chi connectivity index (χ1n) is 9.11. The van der Waals surface area contributed by atoms with Crippen LogP contribution in [0.5, 0.6) is 0 Å². The summed E-state index contributed by atoms with van der Waals surface area (Å²) in [5.41, 5.74) is 4.15. The quantitative estimate of drug-likeness (QED) is 0.453. The number of hydrogen-bond donors (Lipinski definition) is 1. The van der Waals surface area contributed by atoms with E-state index in [0.717, 1.165) is 5.69 Å². The second-order valence-corrected chi connectivity index (χ2v) is 11.6. The molecule has 2 rings (SSSR count). The smallest absolute Gasteiger partial charge is 0.243 e. The van der Waals surface area contributed by atoms with Crippen molar-refractivity contribution in [1.82, 2.24) is 0 Å². The van der Waals surface area contributed by atoms with E-state index in [9.17, 15) is 4.79 Å². The molecular formula is C22H34NOP. The third kappa shape index (κ3) is 3.85. The third-order valence-corrected chi connectivity index (χ3v) is 6.87. The molecule has 1 aliphatic rings. The van der Waals surface area contributed by atoms with Crippen LogP contribution in [0.4, 0.5) is 10.5 Å². The maximum Gasteiger partial charge on any atom is 0.243 e. The van der Waals surface area contributed by atoms with Gasteiger partial charge in [0.2, 0.25) is 5.65 Å². The fourth-order valence-corrected chi connectivity index (χ4v) is 6.18. The molecule has 1 atom stereocenters. The van der Waals surface area contributed by atoms with Crippen LogP contribution in [0.25, 0.3) is 0 Å². The van der Waals surface area contributed by atoms with Crippen molar-refractivity contribution in [2.24, 2.45) is 16.2 Å². The molecule has 2 nitrogen and oxygen atoms in total. The SMILES string of the molecule is CC(C)(C)C1=C(C(C)(C)C)C1(PC(=O)Nc1ccccc1)C(C)(C)C. The zero-order chi connectivity index (χ0) is 19.3. The third-order valence-electron chi connectivity index (χ3n) is 4.90. The van der Waals surface area contributed by atoms with Crippen molar-refractivity contribution >= 4 is 19.9 Å². The van der Waals surface area contributed by atoms with Crippen molar-refractivity contribution in [3.63, 3.8) is 0 Å². The van der Waals surface area contributed by atoms with Crippen molar-refractivity contribution in [1.29, 1.82) is 0 Å². The van der Waals surface area contributed by atoms with Gasteiger partial charge >= 0.3 is 0 Å². The Kier molecular flexibility index (Phi) is 5.03. The molecule has 0 heterocycles. The summed E-state index contributed by atoms with van der Waals surface area (Å²) in [7, 11) is 0.204. The fourth-order valence-electron chi connectivity index (χ4n) is 4.07. The molecular weight excluding hydrogens is 325 g/mol. The number of rotatable bonds is 3. The molecule has 0 saturated heterocycles. The van der Waals surface area contributed by atoms with Crippen LogP contribution < -0.4 is 5.32 Å². The minimum absolute atomic E-state index is 0.0186. The summed E-state index contributed by atoms with van der Waals surface area (Å²) in [6.45, 7) is 20.5. The molecule has 1 aliphatic carbocycles. The van der Waals surface area contributed by atoms with Gasteiger partial charge in [-0.15, -0.1) is 0 Å². The van der Waals surface area contributed by atoms with E-state index in [4.69, 9.17) is 0 Å². The van der Waals surface area contributed by atoms with Crippen LogP contribution in [0.2, 0.25) is 0 Å². The van der Waals surface area contributed by atoms with Crippen LogP contribution in [0.3, 0.4) is 0 Å². The molecule has 0 fully saturated rings. The highest BCUT2D eigenvalue weighted by atomic mass is 31.1. The number of anilines is 1. The Morgan fingerprint density at radius 1 is 0.840 bits per heavy atom. The second kappa shape index (κ2) is 6.23. The first-order chi connectivity index (χ1) is 11.2. The number of amides is 1. The molecule has 138 valence electrons. The Bertz CT molecular complexity index is 657. The molecule has 25 heavy (non-hydrogen) atoms. The topological polar surface area (TPSA) is 29.1 Å². The molecule has 0 radical (unpaired) electrons. The van der Waals surface area contributed by atoms with Crippen LogP contribution in [-0.2, 0) is 0 Å². The number of allylic oxidation sites excluding steroid dienone is 2. The van der Waals surface area contributed by atoms with Crippen LogP contribution in [0.1, 0.15) is 62.3 Å². The Morgan fingerprint density at radius 2 is 1.28 bits per heavy atom. The Morgan fingerprint density at radius 3 is 1.64 bits per heavy atom. The standard InChI is InChI=1S/C22H34NOP/c1-19(2,3)16-17(20(4,5)6)22(16,21(7,8)9)25-18(24)23-15-13-11-10-12-14-15/h10-14,25H,1-9H3,(H,23,24). The summed E-state index contributed by atoms with van der Waals surface area (Å²) in [6, 6.07) is 9.76. The summed E-state index contributed by atoms with van der Waals surface area (Å²) in [6.07, 6.45) is 0. The molecule has 0 aliphatic heterocycles. The molecule has 1 aromatic rings. The molecule has 1 N–H and O–H groups in total. The van der Waals surface area contributed by atoms with E-state index in [0.29, 0.717) is 0 Å². The summed E-state index contributed by atoms with van der Waals surface area (Å²) < 4.78 is 0. The average molecular weight is 359 g/mol. The highest BCUT2D eigenvalue weighted by molar-refractivity contribution is 7.61. The van der Waals surface area contributed by atoms with Crippen molar-refractivity contribution in [2.45, 2.75) is 67.5 Å². The maximum absolute atomic E-state index is 12.9.